The molecule has 1 fully saturated rings. The van der Waals surface area contributed by atoms with Gasteiger partial charge in [-0.25, -0.2) is 4.79 Å². The van der Waals surface area contributed by atoms with Gasteiger partial charge in [-0.05, 0) is 12.8 Å². The molecule has 1 aliphatic heterocycles. The van der Waals surface area contributed by atoms with Crippen LogP contribution < -0.4 is 0 Å². The van der Waals surface area contributed by atoms with Crippen molar-refractivity contribution in [3.8, 4) is 6.07 Å². The first-order valence-electron chi connectivity index (χ1n) is 4.41. The zero-order valence-corrected chi connectivity index (χ0v) is 8.02. The highest BCUT2D eigenvalue weighted by Crippen LogP contribution is 2.33. The molecule has 1 atom stereocenters. The van der Waals surface area contributed by atoms with Crippen LogP contribution in [0, 0.1) is 16.7 Å². The number of aliphatic hydroxyl groups is 1. The monoisotopic (exact) mass is 199 g/mol. The molecule has 78 valence electrons. The predicted molar refractivity (Wildman–Crippen MR) is 46.1 cm³/mol. The second kappa shape index (κ2) is 4.40. The van der Waals surface area contributed by atoms with Crippen LogP contribution >= 0.6 is 0 Å². The molecule has 0 aliphatic carbocycles. The molecule has 0 radical (unpaired) electrons. The van der Waals surface area contributed by atoms with Crippen LogP contribution in [-0.4, -0.2) is 37.5 Å². The molecule has 1 aliphatic rings. The van der Waals surface area contributed by atoms with Crippen LogP contribution in [0.4, 0.5) is 0 Å². The van der Waals surface area contributed by atoms with Crippen molar-refractivity contribution in [2.75, 3.05) is 20.3 Å². The summed E-state index contributed by atoms with van der Waals surface area (Å²) in [6, 6.07) is 2.00. The molecular weight excluding hydrogens is 186 g/mol. The van der Waals surface area contributed by atoms with Crippen LogP contribution in [0.25, 0.3) is 0 Å². The van der Waals surface area contributed by atoms with E-state index in [0.717, 1.165) is 0 Å². The Morgan fingerprint density at radius 3 is 2.64 bits per heavy atom. The molecule has 0 saturated carbocycles. The van der Waals surface area contributed by atoms with E-state index in [9.17, 15) is 9.90 Å². The Labute approximate surface area is 82.2 Å². The van der Waals surface area contributed by atoms with Crippen LogP contribution in [0.5, 0.6) is 0 Å². The smallest absolute Gasteiger partial charge is 0.336 e. The third-order valence-corrected chi connectivity index (χ3v) is 2.56. The first-order valence-corrected chi connectivity index (χ1v) is 4.41. The van der Waals surface area contributed by atoms with Gasteiger partial charge in [-0.1, -0.05) is 0 Å². The van der Waals surface area contributed by atoms with Gasteiger partial charge in [0.25, 0.3) is 0 Å². The number of rotatable bonds is 2. The summed E-state index contributed by atoms with van der Waals surface area (Å²) in [7, 11) is 1.19. The van der Waals surface area contributed by atoms with Gasteiger partial charge in [-0.15, -0.1) is 0 Å². The summed E-state index contributed by atoms with van der Waals surface area (Å²) in [5.41, 5.74) is -1.04. The highest BCUT2D eigenvalue weighted by molar-refractivity contribution is 5.76. The van der Waals surface area contributed by atoms with E-state index in [-0.39, 0.29) is 0 Å². The van der Waals surface area contributed by atoms with E-state index in [2.05, 4.69) is 4.74 Å². The van der Waals surface area contributed by atoms with Crippen molar-refractivity contribution in [1.82, 2.24) is 0 Å². The Bertz CT molecular complexity index is 252. The predicted octanol–water partition coefficient (Wildman–Crippen LogP) is -0.159. The topological polar surface area (TPSA) is 79.5 Å². The average molecular weight is 199 g/mol. The van der Waals surface area contributed by atoms with Crippen molar-refractivity contribution < 1.29 is 19.4 Å². The molecular formula is C9H13NO4. The maximum absolute atomic E-state index is 11.1. The summed E-state index contributed by atoms with van der Waals surface area (Å²) in [5.74, 6) is -0.756. The lowest BCUT2D eigenvalue weighted by Gasteiger charge is -2.33. The van der Waals surface area contributed by atoms with Crippen LogP contribution in [0.2, 0.25) is 0 Å². The van der Waals surface area contributed by atoms with E-state index in [4.69, 9.17) is 10.00 Å². The van der Waals surface area contributed by atoms with Crippen LogP contribution in [0.15, 0.2) is 0 Å². The van der Waals surface area contributed by atoms with Gasteiger partial charge in [-0.3, -0.25) is 0 Å². The Kier molecular flexibility index (Phi) is 3.44. The van der Waals surface area contributed by atoms with Gasteiger partial charge < -0.3 is 14.6 Å². The molecule has 14 heavy (non-hydrogen) atoms. The van der Waals surface area contributed by atoms with Crippen molar-refractivity contribution in [1.29, 1.82) is 5.26 Å². The number of nitriles is 1. The zero-order chi connectivity index (χ0) is 10.6. The second-order valence-corrected chi connectivity index (χ2v) is 3.31. The fourth-order valence-corrected chi connectivity index (χ4v) is 1.52. The lowest BCUT2D eigenvalue weighted by Crippen LogP contribution is -2.44. The molecule has 0 spiro atoms. The summed E-state index contributed by atoms with van der Waals surface area (Å²) in [4.78, 5) is 11.1. The third-order valence-electron chi connectivity index (χ3n) is 2.56. The van der Waals surface area contributed by atoms with Crippen molar-refractivity contribution in [3.05, 3.63) is 0 Å². The molecule has 0 aromatic heterocycles. The maximum atomic E-state index is 11.1. The van der Waals surface area contributed by atoms with Gasteiger partial charge in [0.05, 0.1) is 18.6 Å². The standard InChI is InChI=1S/C9H13NO4/c1-13-8(12)7(11)9(6-10)2-4-14-5-3-9/h7,11H,2-5H2,1H3. The largest absolute Gasteiger partial charge is 0.467 e. The summed E-state index contributed by atoms with van der Waals surface area (Å²) in [6.45, 7) is 0.781. The van der Waals surface area contributed by atoms with E-state index >= 15 is 0 Å². The fraction of sp³-hybridized carbons (Fsp3) is 0.778. The minimum Gasteiger partial charge on any atom is -0.467 e. The first-order chi connectivity index (χ1) is 6.66. The minimum absolute atomic E-state index is 0.361. The highest BCUT2D eigenvalue weighted by atomic mass is 16.5. The third kappa shape index (κ3) is 1.86. The molecule has 1 heterocycles. The normalized spacial score (nSPS) is 22.1. The average Bonchev–Trinajstić information content (AvgIpc) is 2.28. The molecule has 0 aromatic rings. The molecule has 1 unspecified atom stereocenters. The molecule has 5 heteroatoms. The Balaban J connectivity index is 2.78. The summed E-state index contributed by atoms with van der Waals surface area (Å²) in [5, 5.41) is 18.6. The van der Waals surface area contributed by atoms with E-state index < -0.39 is 17.5 Å². The summed E-state index contributed by atoms with van der Waals surface area (Å²) >= 11 is 0. The number of methoxy groups -OCH3 is 1. The van der Waals surface area contributed by atoms with E-state index in [1.807, 2.05) is 6.07 Å². The lowest BCUT2D eigenvalue weighted by molar-refractivity contribution is -0.159. The number of hydrogen-bond acceptors (Lipinski definition) is 5. The van der Waals surface area contributed by atoms with E-state index in [1.165, 1.54) is 7.11 Å². The second-order valence-electron chi connectivity index (χ2n) is 3.31. The quantitative estimate of drug-likeness (QED) is 0.625. The number of hydrogen-bond donors (Lipinski definition) is 1. The number of esters is 1. The number of carbonyl (C=O) groups excluding carboxylic acids is 1. The first kappa shape index (κ1) is 11.0. The summed E-state index contributed by atoms with van der Waals surface area (Å²) < 4.78 is 9.49. The van der Waals surface area contributed by atoms with Gasteiger partial charge in [0.2, 0.25) is 0 Å². The Morgan fingerprint density at radius 2 is 2.21 bits per heavy atom. The van der Waals surface area contributed by atoms with Gasteiger partial charge in [0.1, 0.15) is 0 Å². The molecule has 1 N–H and O–H groups in total. The Morgan fingerprint density at radius 1 is 1.64 bits per heavy atom. The highest BCUT2D eigenvalue weighted by Gasteiger charge is 2.44. The molecule has 0 bridgehead atoms. The molecule has 0 amide bonds. The minimum atomic E-state index is -1.37. The van der Waals surface area contributed by atoms with Crippen molar-refractivity contribution in [2.45, 2.75) is 18.9 Å². The van der Waals surface area contributed by atoms with Gasteiger partial charge in [0.15, 0.2) is 6.10 Å². The van der Waals surface area contributed by atoms with Crippen molar-refractivity contribution in [3.63, 3.8) is 0 Å². The maximum Gasteiger partial charge on any atom is 0.336 e. The van der Waals surface area contributed by atoms with Crippen LogP contribution in [0.1, 0.15) is 12.8 Å². The van der Waals surface area contributed by atoms with Crippen LogP contribution in [0.3, 0.4) is 0 Å². The van der Waals surface area contributed by atoms with Gasteiger partial charge in [-0.2, -0.15) is 5.26 Å². The zero-order valence-electron chi connectivity index (χ0n) is 8.02. The van der Waals surface area contributed by atoms with Crippen LogP contribution in [-0.2, 0) is 14.3 Å². The number of nitrogens with zero attached hydrogens (tertiary/aromatic N) is 1. The van der Waals surface area contributed by atoms with E-state index in [1.54, 1.807) is 0 Å². The fourth-order valence-electron chi connectivity index (χ4n) is 1.52. The molecule has 0 aromatic carbocycles. The van der Waals surface area contributed by atoms with E-state index in [0.29, 0.717) is 26.1 Å². The number of aliphatic hydroxyl groups excluding tert-OH is 1. The molecule has 5 nitrogen and oxygen atoms in total. The van der Waals surface area contributed by atoms with Crippen molar-refractivity contribution in [2.24, 2.45) is 5.41 Å². The SMILES string of the molecule is COC(=O)C(O)C1(C#N)CCOCC1. The lowest BCUT2D eigenvalue weighted by atomic mass is 9.76. The van der Waals surface area contributed by atoms with Crippen molar-refractivity contribution >= 4 is 5.97 Å². The number of ether oxygens (including phenoxy) is 2. The van der Waals surface area contributed by atoms with Gasteiger partial charge in [0, 0.05) is 13.2 Å². The number of carbonyl (C=O) groups is 1. The Hall–Kier alpha value is -1.12. The van der Waals surface area contributed by atoms with Gasteiger partial charge >= 0.3 is 5.97 Å². The summed E-state index contributed by atoms with van der Waals surface area (Å²) in [6.07, 6.45) is -0.652. The molecule has 1 rings (SSSR count). The molecule has 1 saturated heterocycles.